The Morgan fingerprint density at radius 1 is 1.25 bits per heavy atom. The Balaban J connectivity index is 1.78. The van der Waals surface area contributed by atoms with Gasteiger partial charge in [0.25, 0.3) is 5.56 Å². The van der Waals surface area contributed by atoms with Gasteiger partial charge in [-0.1, -0.05) is 46.3 Å². The molecule has 24 heavy (non-hydrogen) atoms. The van der Waals surface area contributed by atoms with Crippen molar-refractivity contribution in [2.75, 3.05) is 0 Å². The Hall–Kier alpha value is -2.47. The van der Waals surface area contributed by atoms with Crippen molar-refractivity contribution in [3.05, 3.63) is 75.2 Å². The second kappa shape index (κ2) is 6.97. The molecular formula is C18H16BrN3O2. The van der Waals surface area contributed by atoms with E-state index in [-0.39, 0.29) is 24.1 Å². The van der Waals surface area contributed by atoms with Crippen LogP contribution in [0.5, 0.6) is 0 Å². The summed E-state index contributed by atoms with van der Waals surface area (Å²) in [5, 5.41) is 3.38. The highest BCUT2D eigenvalue weighted by Gasteiger charge is 2.12. The lowest BCUT2D eigenvalue weighted by atomic mass is 10.1. The zero-order valence-electron chi connectivity index (χ0n) is 13.1. The van der Waals surface area contributed by atoms with Crippen LogP contribution in [0.25, 0.3) is 10.9 Å². The molecule has 1 N–H and O–H groups in total. The predicted molar refractivity (Wildman–Crippen MR) is 96.7 cm³/mol. The van der Waals surface area contributed by atoms with E-state index in [9.17, 15) is 9.59 Å². The van der Waals surface area contributed by atoms with Crippen LogP contribution >= 0.6 is 15.9 Å². The summed E-state index contributed by atoms with van der Waals surface area (Å²) in [6.07, 6.45) is 1.41. The van der Waals surface area contributed by atoms with Crippen molar-refractivity contribution in [2.45, 2.75) is 19.5 Å². The zero-order chi connectivity index (χ0) is 17.1. The van der Waals surface area contributed by atoms with E-state index in [0.717, 1.165) is 10.0 Å². The van der Waals surface area contributed by atoms with Gasteiger partial charge in [0.15, 0.2) is 0 Å². The Morgan fingerprint density at radius 2 is 2.00 bits per heavy atom. The van der Waals surface area contributed by atoms with Crippen LogP contribution in [0.2, 0.25) is 0 Å². The molecule has 0 aliphatic rings. The van der Waals surface area contributed by atoms with E-state index in [1.807, 2.05) is 43.3 Å². The fourth-order valence-electron chi connectivity index (χ4n) is 2.51. The van der Waals surface area contributed by atoms with Crippen LogP contribution in [0.4, 0.5) is 0 Å². The van der Waals surface area contributed by atoms with Gasteiger partial charge in [0, 0.05) is 4.47 Å². The number of aromatic nitrogens is 2. The van der Waals surface area contributed by atoms with Gasteiger partial charge in [-0.25, -0.2) is 4.98 Å². The molecule has 0 saturated heterocycles. The third-order valence-electron chi connectivity index (χ3n) is 3.78. The van der Waals surface area contributed by atoms with Crippen LogP contribution in [0.15, 0.2) is 64.1 Å². The number of benzene rings is 2. The number of fused-ring (bicyclic) bond motifs is 1. The fraction of sp³-hybridized carbons (Fsp3) is 0.167. The van der Waals surface area contributed by atoms with Gasteiger partial charge < -0.3 is 5.32 Å². The van der Waals surface area contributed by atoms with Gasteiger partial charge in [0.05, 0.1) is 23.3 Å². The van der Waals surface area contributed by atoms with Crippen LogP contribution in [-0.4, -0.2) is 15.5 Å². The number of carbonyl (C=O) groups is 1. The summed E-state index contributed by atoms with van der Waals surface area (Å²) in [4.78, 5) is 29.0. The second-order valence-corrected chi connectivity index (χ2v) is 6.45. The summed E-state index contributed by atoms with van der Waals surface area (Å²) in [5.74, 6) is -0.232. The summed E-state index contributed by atoms with van der Waals surface area (Å²) in [5.41, 5.74) is 1.39. The summed E-state index contributed by atoms with van der Waals surface area (Å²) >= 11 is 3.35. The van der Waals surface area contributed by atoms with E-state index in [4.69, 9.17) is 0 Å². The van der Waals surface area contributed by atoms with Crippen molar-refractivity contribution >= 4 is 32.7 Å². The van der Waals surface area contributed by atoms with Gasteiger partial charge in [0.1, 0.15) is 6.54 Å². The Labute approximate surface area is 147 Å². The molecule has 1 atom stereocenters. The SMILES string of the molecule is CC(NC(=O)Cn1cnc2ccc(Br)cc2c1=O)c1ccccc1. The van der Waals surface area contributed by atoms with E-state index >= 15 is 0 Å². The fourth-order valence-corrected chi connectivity index (χ4v) is 2.87. The summed E-state index contributed by atoms with van der Waals surface area (Å²) < 4.78 is 2.12. The van der Waals surface area contributed by atoms with Crippen molar-refractivity contribution in [3.8, 4) is 0 Å². The molecule has 1 aromatic heterocycles. The number of hydrogen-bond acceptors (Lipinski definition) is 3. The third-order valence-corrected chi connectivity index (χ3v) is 4.27. The number of nitrogens with one attached hydrogen (secondary N) is 1. The maximum absolute atomic E-state index is 12.5. The molecule has 3 rings (SSSR count). The average Bonchev–Trinajstić information content (AvgIpc) is 2.58. The molecule has 1 amide bonds. The molecule has 1 unspecified atom stereocenters. The first-order valence-corrected chi connectivity index (χ1v) is 8.33. The quantitative estimate of drug-likeness (QED) is 0.750. The van der Waals surface area contributed by atoms with Crippen molar-refractivity contribution in [1.82, 2.24) is 14.9 Å². The third kappa shape index (κ3) is 3.54. The largest absolute Gasteiger partial charge is 0.348 e. The molecule has 2 aromatic carbocycles. The van der Waals surface area contributed by atoms with Gasteiger partial charge in [-0.05, 0) is 30.7 Å². The van der Waals surface area contributed by atoms with E-state index in [2.05, 4.69) is 26.2 Å². The van der Waals surface area contributed by atoms with Gasteiger partial charge in [-0.3, -0.25) is 14.2 Å². The highest BCUT2D eigenvalue weighted by atomic mass is 79.9. The van der Waals surface area contributed by atoms with Gasteiger partial charge in [-0.15, -0.1) is 0 Å². The maximum atomic E-state index is 12.5. The lowest BCUT2D eigenvalue weighted by Gasteiger charge is -2.15. The first-order valence-electron chi connectivity index (χ1n) is 7.53. The molecule has 3 aromatic rings. The number of amides is 1. The molecule has 0 fully saturated rings. The molecule has 5 nitrogen and oxygen atoms in total. The molecular weight excluding hydrogens is 370 g/mol. The summed E-state index contributed by atoms with van der Waals surface area (Å²) in [6, 6.07) is 14.9. The number of nitrogens with zero attached hydrogens (tertiary/aromatic N) is 2. The predicted octanol–water partition coefficient (Wildman–Crippen LogP) is 3.04. The molecule has 122 valence electrons. The van der Waals surface area contributed by atoms with Crippen LogP contribution < -0.4 is 10.9 Å². The topological polar surface area (TPSA) is 64.0 Å². The number of carbonyl (C=O) groups excluding carboxylic acids is 1. The lowest BCUT2D eigenvalue weighted by Crippen LogP contribution is -2.33. The van der Waals surface area contributed by atoms with Crippen molar-refractivity contribution < 1.29 is 4.79 Å². The Bertz CT molecular complexity index is 938. The maximum Gasteiger partial charge on any atom is 0.261 e. The standard InChI is InChI=1S/C18H16BrN3O2/c1-12(13-5-3-2-4-6-13)21-17(23)10-22-11-20-16-8-7-14(19)9-15(16)18(22)24/h2-9,11-12H,10H2,1H3,(H,21,23). The minimum atomic E-state index is -0.233. The first kappa shape index (κ1) is 16.4. The lowest BCUT2D eigenvalue weighted by molar-refractivity contribution is -0.122. The highest BCUT2D eigenvalue weighted by molar-refractivity contribution is 9.10. The molecule has 6 heteroatoms. The van der Waals surface area contributed by atoms with Gasteiger partial charge >= 0.3 is 0 Å². The summed E-state index contributed by atoms with van der Waals surface area (Å²) in [6.45, 7) is 1.84. The van der Waals surface area contributed by atoms with Gasteiger partial charge in [-0.2, -0.15) is 0 Å². The van der Waals surface area contributed by atoms with Crippen LogP contribution in [0.3, 0.4) is 0 Å². The monoisotopic (exact) mass is 385 g/mol. The first-order chi connectivity index (χ1) is 11.5. The normalized spacial score (nSPS) is 12.1. The summed E-state index contributed by atoms with van der Waals surface area (Å²) in [7, 11) is 0. The van der Waals surface area contributed by atoms with Crippen LogP contribution in [0, 0.1) is 0 Å². The van der Waals surface area contributed by atoms with E-state index in [1.165, 1.54) is 10.9 Å². The smallest absolute Gasteiger partial charge is 0.261 e. The molecule has 0 bridgehead atoms. The van der Waals surface area contributed by atoms with Crippen molar-refractivity contribution in [2.24, 2.45) is 0 Å². The molecule has 0 spiro atoms. The van der Waals surface area contributed by atoms with E-state index < -0.39 is 0 Å². The number of rotatable bonds is 4. The highest BCUT2D eigenvalue weighted by Crippen LogP contribution is 2.15. The minimum Gasteiger partial charge on any atom is -0.348 e. The van der Waals surface area contributed by atoms with Crippen LogP contribution in [-0.2, 0) is 11.3 Å². The van der Waals surface area contributed by atoms with Gasteiger partial charge in [0.2, 0.25) is 5.91 Å². The molecule has 0 aliphatic carbocycles. The van der Waals surface area contributed by atoms with Crippen molar-refractivity contribution in [1.29, 1.82) is 0 Å². The average molecular weight is 386 g/mol. The van der Waals surface area contributed by atoms with Crippen molar-refractivity contribution in [3.63, 3.8) is 0 Å². The number of halogens is 1. The molecule has 0 radical (unpaired) electrons. The van der Waals surface area contributed by atoms with Crippen LogP contribution in [0.1, 0.15) is 18.5 Å². The van der Waals surface area contributed by atoms with E-state index in [1.54, 1.807) is 12.1 Å². The molecule has 0 saturated carbocycles. The minimum absolute atomic E-state index is 0.0640. The number of hydrogen-bond donors (Lipinski definition) is 1. The Kier molecular flexibility index (Phi) is 4.76. The molecule has 0 aliphatic heterocycles. The van der Waals surface area contributed by atoms with E-state index in [0.29, 0.717) is 10.9 Å². The zero-order valence-corrected chi connectivity index (χ0v) is 14.7. The molecule has 1 heterocycles. The second-order valence-electron chi connectivity index (χ2n) is 5.54. The Morgan fingerprint density at radius 3 is 2.75 bits per heavy atom.